The second-order valence-electron chi connectivity index (χ2n) is 4.49. The Labute approximate surface area is 98.1 Å². The first-order valence-corrected chi connectivity index (χ1v) is 6.15. The van der Waals surface area contributed by atoms with Gasteiger partial charge in [-0.05, 0) is 38.0 Å². The van der Waals surface area contributed by atoms with Crippen molar-refractivity contribution in [2.45, 2.75) is 52.1 Å². The van der Waals surface area contributed by atoms with E-state index in [2.05, 4.69) is 26.1 Å². The molecule has 0 aromatic heterocycles. The lowest BCUT2D eigenvalue weighted by Gasteiger charge is -2.20. The van der Waals surface area contributed by atoms with E-state index in [4.69, 9.17) is 0 Å². The van der Waals surface area contributed by atoms with Crippen LogP contribution in [0, 0.1) is 5.82 Å². The third kappa shape index (κ3) is 4.31. The van der Waals surface area contributed by atoms with Gasteiger partial charge in [-0.3, -0.25) is 0 Å². The first-order chi connectivity index (χ1) is 7.63. The van der Waals surface area contributed by atoms with Crippen LogP contribution in [-0.2, 0) is 0 Å². The molecular weight excluding hydrogens is 201 g/mol. The molecule has 1 rings (SSSR count). The van der Waals surface area contributed by atoms with E-state index in [1.807, 2.05) is 6.07 Å². The van der Waals surface area contributed by atoms with Crippen molar-refractivity contribution in [2.75, 3.05) is 0 Å². The molecule has 0 bridgehead atoms. The van der Waals surface area contributed by atoms with Gasteiger partial charge in [-0.2, -0.15) is 0 Å². The fourth-order valence-electron chi connectivity index (χ4n) is 1.89. The summed E-state index contributed by atoms with van der Waals surface area (Å²) < 4.78 is 13.0. The average molecular weight is 223 g/mol. The summed E-state index contributed by atoms with van der Waals surface area (Å²) in [6, 6.07) is 7.51. The van der Waals surface area contributed by atoms with Crippen molar-refractivity contribution in [3.63, 3.8) is 0 Å². The molecule has 0 heterocycles. The second kappa shape index (κ2) is 6.64. The number of halogens is 1. The molecule has 0 aliphatic heterocycles. The van der Waals surface area contributed by atoms with Gasteiger partial charge >= 0.3 is 0 Å². The number of hydrogen-bond acceptors (Lipinski definition) is 1. The van der Waals surface area contributed by atoms with Gasteiger partial charge in [0.05, 0.1) is 0 Å². The van der Waals surface area contributed by atoms with Crippen LogP contribution in [-0.4, -0.2) is 6.04 Å². The lowest BCUT2D eigenvalue weighted by atomic mass is 10.1. The quantitative estimate of drug-likeness (QED) is 0.767. The Kier molecular flexibility index (Phi) is 5.47. The van der Waals surface area contributed by atoms with Crippen LogP contribution in [0.3, 0.4) is 0 Å². The first-order valence-electron chi connectivity index (χ1n) is 6.15. The van der Waals surface area contributed by atoms with Gasteiger partial charge in [-0.15, -0.1) is 0 Å². The van der Waals surface area contributed by atoms with Gasteiger partial charge in [0, 0.05) is 12.1 Å². The summed E-state index contributed by atoms with van der Waals surface area (Å²) in [5, 5.41) is 3.49. The van der Waals surface area contributed by atoms with Crippen LogP contribution in [0.4, 0.5) is 4.39 Å². The molecule has 0 fully saturated rings. The Morgan fingerprint density at radius 1 is 1.31 bits per heavy atom. The maximum atomic E-state index is 13.0. The Balaban J connectivity index is 2.48. The summed E-state index contributed by atoms with van der Waals surface area (Å²) in [7, 11) is 0. The van der Waals surface area contributed by atoms with Crippen molar-refractivity contribution in [3.8, 4) is 0 Å². The smallest absolute Gasteiger partial charge is 0.123 e. The van der Waals surface area contributed by atoms with Gasteiger partial charge in [0.2, 0.25) is 0 Å². The van der Waals surface area contributed by atoms with Crippen LogP contribution in [0.15, 0.2) is 24.3 Å². The highest BCUT2D eigenvalue weighted by Gasteiger charge is 2.09. The van der Waals surface area contributed by atoms with Crippen molar-refractivity contribution in [1.82, 2.24) is 5.32 Å². The molecule has 1 N–H and O–H groups in total. The molecule has 90 valence electrons. The molecule has 1 aromatic carbocycles. The van der Waals surface area contributed by atoms with Crippen LogP contribution >= 0.6 is 0 Å². The maximum absolute atomic E-state index is 13.0. The lowest BCUT2D eigenvalue weighted by Crippen LogP contribution is -2.28. The van der Waals surface area contributed by atoms with E-state index >= 15 is 0 Å². The van der Waals surface area contributed by atoms with Gasteiger partial charge in [0.15, 0.2) is 0 Å². The fourth-order valence-corrected chi connectivity index (χ4v) is 1.89. The summed E-state index contributed by atoms with van der Waals surface area (Å²) in [6.07, 6.45) is 3.64. The van der Waals surface area contributed by atoms with Gasteiger partial charge in [-0.1, -0.05) is 31.9 Å². The van der Waals surface area contributed by atoms with Gasteiger partial charge in [-0.25, -0.2) is 4.39 Å². The summed E-state index contributed by atoms with van der Waals surface area (Å²) >= 11 is 0. The minimum absolute atomic E-state index is 0.160. The fraction of sp³-hybridized carbons (Fsp3) is 0.571. The summed E-state index contributed by atoms with van der Waals surface area (Å²) in [5.41, 5.74) is 1.02. The second-order valence-corrected chi connectivity index (χ2v) is 4.49. The van der Waals surface area contributed by atoms with E-state index in [-0.39, 0.29) is 11.9 Å². The molecule has 0 amide bonds. The van der Waals surface area contributed by atoms with Crippen molar-refractivity contribution < 1.29 is 4.39 Å². The highest BCUT2D eigenvalue weighted by Crippen LogP contribution is 2.15. The SMILES string of the molecule is CCCCC(C)N[C@@H](C)c1cccc(F)c1. The van der Waals surface area contributed by atoms with Crippen LogP contribution in [0.5, 0.6) is 0 Å². The molecule has 2 atom stereocenters. The lowest BCUT2D eigenvalue weighted by molar-refractivity contribution is 0.443. The molecular formula is C14H22FN. The number of benzene rings is 1. The molecule has 2 heteroatoms. The number of hydrogen-bond donors (Lipinski definition) is 1. The van der Waals surface area contributed by atoms with Crippen molar-refractivity contribution in [1.29, 1.82) is 0 Å². The average Bonchev–Trinajstić information content (AvgIpc) is 2.26. The normalized spacial score (nSPS) is 14.8. The third-order valence-corrected chi connectivity index (χ3v) is 2.87. The highest BCUT2D eigenvalue weighted by molar-refractivity contribution is 5.19. The van der Waals surface area contributed by atoms with E-state index in [1.165, 1.54) is 25.3 Å². The van der Waals surface area contributed by atoms with Gasteiger partial charge in [0.1, 0.15) is 5.82 Å². The zero-order chi connectivity index (χ0) is 12.0. The summed E-state index contributed by atoms with van der Waals surface area (Å²) in [4.78, 5) is 0. The summed E-state index contributed by atoms with van der Waals surface area (Å²) in [6.45, 7) is 6.46. The van der Waals surface area contributed by atoms with Crippen LogP contribution in [0.25, 0.3) is 0 Å². The first kappa shape index (κ1) is 13.2. The van der Waals surface area contributed by atoms with Crippen molar-refractivity contribution in [3.05, 3.63) is 35.6 Å². The van der Waals surface area contributed by atoms with Gasteiger partial charge < -0.3 is 5.32 Å². The predicted molar refractivity (Wildman–Crippen MR) is 66.9 cm³/mol. The zero-order valence-electron chi connectivity index (χ0n) is 10.5. The van der Waals surface area contributed by atoms with Gasteiger partial charge in [0.25, 0.3) is 0 Å². The Morgan fingerprint density at radius 2 is 2.06 bits per heavy atom. The molecule has 1 unspecified atom stereocenters. The molecule has 0 aliphatic rings. The molecule has 0 aliphatic carbocycles. The molecule has 0 saturated heterocycles. The minimum Gasteiger partial charge on any atom is -0.308 e. The maximum Gasteiger partial charge on any atom is 0.123 e. The highest BCUT2D eigenvalue weighted by atomic mass is 19.1. The van der Waals surface area contributed by atoms with E-state index in [0.717, 1.165) is 5.56 Å². The number of rotatable bonds is 6. The van der Waals surface area contributed by atoms with Crippen molar-refractivity contribution >= 4 is 0 Å². The standard InChI is InChI=1S/C14H22FN/c1-4-5-7-11(2)16-12(3)13-8-6-9-14(15)10-13/h6,8-12,16H,4-5,7H2,1-3H3/t11?,12-/m0/s1. The van der Waals surface area contributed by atoms with Crippen LogP contribution in [0.2, 0.25) is 0 Å². The van der Waals surface area contributed by atoms with E-state index in [9.17, 15) is 4.39 Å². The van der Waals surface area contributed by atoms with E-state index in [0.29, 0.717) is 6.04 Å². The third-order valence-electron chi connectivity index (χ3n) is 2.87. The zero-order valence-corrected chi connectivity index (χ0v) is 10.5. The van der Waals surface area contributed by atoms with E-state index < -0.39 is 0 Å². The molecule has 0 saturated carbocycles. The van der Waals surface area contributed by atoms with Crippen molar-refractivity contribution in [2.24, 2.45) is 0 Å². The van der Waals surface area contributed by atoms with Crippen LogP contribution < -0.4 is 5.32 Å². The monoisotopic (exact) mass is 223 g/mol. The van der Waals surface area contributed by atoms with E-state index in [1.54, 1.807) is 12.1 Å². The summed E-state index contributed by atoms with van der Waals surface area (Å²) in [5.74, 6) is -0.160. The molecule has 0 spiro atoms. The molecule has 1 aromatic rings. The Bertz CT molecular complexity index is 311. The molecule has 16 heavy (non-hydrogen) atoms. The topological polar surface area (TPSA) is 12.0 Å². The molecule has 0 radical (unpaired) electrons. The van der Waals surface area contributed by atoms with Crippen LogP contribution in [0.1, 0.15) is 51.6 Å². The minimum atomic E-state index is -0.160. The number of nitrogens with one attached hydrogen (secondary N) is 1. The number of unbranched alkanes of at least 4 members (excludes halogenated alkanes) is 1. The largest absolute Gasteiger partial charge is 0.308 e. The Hall–Kier alpha value is -0.890. The molecule has 1 nitrogen and oxygen atoms in total. The Morgan fingerprint density at radius 3 is 2.69 bits per heavy atom. The predicted octanol–water partition coefficient (Wildman–Crippen LogP) is 4.06.